The van der Waals surface area contributed by atoms with Crippen LogP contribution in [0.15, 0.2) is 0 Å². The number of carbonyl (C=O) groups is 2. The number of hydrogen-bond donors (Lipinski definition) is 2. The van der Waals surface area contributed by atoms with Crippen molar-refractivity contribution in [3.63, 3.8) is 0 Å². The predicted octanol–water partition coefficient (Wildman–Crippen LogP) is 1.95. The first-order valence-electron chi connectivity index (χ1n) is 7.14. The summed E-state index contributed by atoms with van der Waals surface area (Å²) in [4.78, 5) is 22.5. The van der Waals surface area contributed by atoms with Crippen molar-refractivity contribution < 1.29 is 19.4 Å². The summed E-state index contributed by atoms with van der Waals surface area (Å²) in [5.41, 5.74) is 0. The minimum atomic E-state index is -1.05. The highest BCUT2D eigenvalue weighted by Crippen LogP contribution is 2.27. The van der Waals surface area contributed by atoms with Crippen molar-refractivity contribution in [2.75, 3.05) is 13.7 Å². The van der Waals surface area contributed by atoms with Crippen LogP contribution in [-0.4, -0.2) is 36.7 Å². The lowest BCUT2D eigenvalue weighted by Gasteiger charge is -2.21. The van der Waals surface area contributed by atoms with E-state index in [0.29, 0.717) is 6.42 Å². The van der Waals surface area contributed by atoms with Gasteiger partial charge < -0.3 is 15.2 Å². The van der Waals surface area contributed by atoms with Crippen molar-refractivity contribution in [1.82, 2.24) is 5.32 Å². The van der Waals surface area contributed by atoms with Crippen molar-refractivity contribution in [3.05, 3.63) is 0 Å². The zero-order chi connectivity index (χ0) is 14.1. The molecule has 0 radical (unpaired) electrons. The van der Waals surface area contributed by atoms with Crippen molar-refractivity contribution in [2.45, 2.75) is 57.4 Å². The first-order chi connectivity index (χ1) is 9.13. The van der Waals surface area contributed by atoms with E-state index in [1.54, 1.807) is 0 Å². The largest absolute Gasteiger partial charge is 0.480 e. The number of carboxylic acids is 1. The Balaban J connectivity index is 2.17. The molecule has 0 aliphatic heterocycles. The summed E-state index contributed by atoms with van der Waals surface area (Å²) in [6.45, 7) is 0.00367. The standard InChI is InChI=1S/C14H25NO4/c1-19-10-12(14(17)18)15-13(16)9-5-8-11-6-3-2-4-7-11/h11-12H,2-10H2,1H3,(H,15,16)(H,17,18). The summed E-state index contributed by atoms with van der Waals surface area (Å²) in [6, 6.07) is -0.938. The maximum atomic E-state index is 11.6. The maximum Gasteiger partial charge on any atom is 0.328 e. The molecule has 2 N–H and O–H groups in total. The second-order valence-electron chi connectivity index (χ2n) is 5.31. The summed E-state index contributed by atoms with van der Waals surface area (Å²) in [7, 11) is 1.42. The van der Waals surface area contributed by atoms with Gasteiger partial charge in [0.05, 0.1) is 6.61 Å². The molecule has 19 heavy (non-hydrogen) atoms. The number of amides is 1. The van der Waals surface area contributed by atoms with Crippen LogP contribution >= 0.6 is 0 Å². The van der Waals surface area contributed by atoms with Gasteiger partial charge in [-0.2, -0.15) is 0 Å². The van der Waals surface area contributed by atoms with E-state index in [-0.39, 0.29) is 12.5 Å². The van der Waals surface area contributed by atoms with Crippen molar-refractivity contribution in [1.29, 1.82) is 0 Å². The number of rotatable bonds is 8. The quantitative estimate of drug-likeness (QED) is 0.707. The average Bonchev–Trinajstić information content (AvgIpc) is 2.39. The molecule has 0 heterocycles. The molecule has 1 amide bonds. The molecular formula is C14H25NO4. The van der Waals surface area contributed by atoms with E-state index < -0.39 is 12.0 Å². The Kier molecular flexibility index (Phi) is 7.48. The first-order valence-corrected chi connectivity index (χ1v) is 7.14. The molecular weight excluding hydrogens is 246 g/mol. The van der Waals surface area contributed by atoms with E-state index in [1.165, 1.54) is 39.2 Å². The molecule has 0 bridgehead atoms. The fourth-order valence-corrected chi connectivity index (χ4v) is 2.63. The Morgan fingerprint density at radius 1 is 1.32 bits per heavy atom. The summed E-state index contributed by atoms with van der Waals surface area (Å²) in [6.07, 6.45) is 8.85. The van der Waals surface area contributed by atoms with Gasteiger partial charge >= 0.3 is 5.97 Å². The van der Waals surface area contributed by atoms with Crippen molar-refractivity contribution in [2.24, 2.45) is 5.92 Å². The molecule has 0 aromatic rings. The van der Waals surface area contributed by atoms with Gasteiger partial charge in [0.1, 0.15) is 0 Å². The number of carboxylic acid groups (broad SMARTS) is 1. The third-order valence-corrected chi connectivity index (χ3v) is 3.71. The number of methoxy groups -OCH3 is 1. The van der Waals surface area contributed by atoms with Gasteiger partial charge in [0.2, 0.25) is 5.91 Å². The second-order valence-corrected chi connectivity index (χ2v) is 5.31. The van der Waals surface area contributed by atoms with Crippen LogP contribution in [0.1, 0.15) is 51.4 Å². The molecule has 1 aliphatic carbocycles. The fourth-order valence-electron chi connectivity index (χ4n) is 2.63. The molecule has 1 unspecified atom stereocenters. The Labute approximate surface area is 114 Å². The molecule has 5 heteroatoms. The molecule has 1 fully saturated rings. The third-order valence-electron chi connectivity index (χ3n) is 3.71. The summed E-state index contributed by atoms with van der Waals surface area (Å²) in [5.74, 6) is -0.487. The van der Waals surface area contributed by atoms with Crippen LogP contribution in [0, 0.1) is 5.92 Å². The van der Waals surface area contributed by atoms with Gasteiger partial charge in [-0.05, 0) is 18.8 Å². The molecule has 1 aliphatic rings. The zero-order valence-corrected chi connectivity index (χ0v) is 11.7. The first kappa shape index (κ1) is 16.0. The number of aliphatic carboxylic acids is 1. The molecule has 5 nitrogen and oxygen atoms in total. The van der Waals surface area contributed by atoms with Gasteiger partial charge in [-0.25, -0.2) is 4.79 Å². The Bertz CT molecular complexity index is 287. The highest BCUT2D eigenvalue weighted by Gasteiger charge is 2.20. The van der Waals surface area contributed by atoms with Crippen molar-refractivity contribution in [3.8, 4) is 0 Å². The highest BCUT2D eigenvalue weighted by atomic mass is 16.5. The summed E-state index contributed by atoms with van der Waals surface area (Å²) >= 11 is 0. The van der Waals surface area contributed by atoms with Gasteiger partial charge in [0, 0.05) is 13.5 Å². The zero-order valence-electron chi connectivity index (χ0n) is 11.7. The molecule has 0 aromatic carbocycles. The second kappa shape index (κ2) is 8.91. The van der Waals surface area contributed by atoms with Gasteiger partial charge in [-0.1, -0.05) is 32.1 Å². The van der Waals surface area contributed by atoms with E-state index in [1.807, 2.05) is 0 Å². The van der Waals surface area contributed by atoms with Crippen molar-refractivity contribution >= 4 is 11.9 Å². The fraction of sp³-hybridized carbons (Fsp3) is 0.857. The highest BCUT2D eigenvalue weighted by molar-refractivity contribution is 5.83. The lowest BCUT2D eigenvalue weighted by Crippen LogP contribution is -2.43. The number of carbonyl (C=O) groups excluding carboxylic acids is 1. The van der Waals surface area contributed by atoms with Gasteiger partial charge in [0.15, 0.2) is 6.04 Å². The lowest BCUT2D eigenvalue weighted by atomic mass is 9.86. The lowest BCUT2D eigenvalue weighted by molar-refractivity contribution is -0.143. The third kappa shape index (κ3) is 6.57. The van der Waals surface area contributed by atoms with E-state index in [9.17, 15) is 9.59 Å². The molecule has 1 saturated carbocycles. The van der Waals surface area contributed by atoms with Crippen LogP contribution in [0.4, 0.5) is 0 Å². The normalized spacial score (nSPS) is 17.9. The monoisotopic (exact) mass is 271 g/mol. The van der Waals surface area contributed by atoms with Crippen LogP contribution in [0.25, 0.3) is 0 Å². The van der Waals surface area contributed by atoms with Crippen LogP contribution in [0.5, 0.6) is 0 Å². The molecule has 1 rings (SSSR count). The summed E-state index contributed by atoms with van der Waals surface area (Å²) < 4.78 is 4.77. The predicted molar refractivity (Wildman–Crippen MR) is 71.9 cm³/mol. The minimum Gasteiger partial charge on any atom is -0.480 e. The number of nitrogens with one attached hydrogen (secondary N) is 1. The van der Waals surface area contributed by atoms with Gasteiger partial charge in [-0.15, -0.1) is 0 Å². The van der Waals surface area contributed by atoms with Crippen LogP contribution < -0.4 is 5.32 Å². The topological polar surface area (TPSA) is 75.6 Å². The van der Waals surface area contributed by atoms with Gasteiger partial charge in [-0.3, -0.25) is 4.79 Å². The van der Waals surface area contributed by atoms with E-state index in [0.717, 1.165) is 18.8 Å². The molecule has 110 valence electrons. The smallest absolute Gasteiger partial charge is 0.328 e. The number of ether oxygens (including phenoxy) is 1. The maximum absolute atomic E-state index is 11.6. The SMILES string of the molecule is COCC(NC(=O)CCCC1CCCCC1)C(=O)O. The van der Waals surface area contributed by atoms with E-state index in [2.05, 4.69) is 5.32 Å². The van der Waals surface area contributed by atoms with Gasteiger partial charge in [0.25, 0.3) is 0 Å². The summed E-state index contributed by atoms with van der Waals surface area (Å²) in [5, 5.41) is 11.4. The number of hydrogen-bond acceptors (Lipinski definition) is 3. The molecule has 0 spiro atoms. The van der Waals surface area contributed by atoms with Crippen LogP contribution in [-0.2, 0) is 14.3 Å². The van der Waals surface area contributed by atoms with E-state index in [4.69, 9.17) is 9.84 Å². The minimum absolute atomic E-state index is 0.00367. The van der Waals surface area contributed by atoms with Crippen LogP contribution in [0.3, 0.4) is 0 Å². The Morgan fingerprint density at radius 2 is 2.00 bits per heavy atom. The van der Waals surface area contributed by atoms with E-state index >= 15 is 0 Å². The molecule has 0 aromatic heterocycles. The molecule has 1 atom stereocenters. The van der Waals surface area contributed by atoms with Crippen LogP contribution in [0.2, 0.25) is 0 Å². The Morgan fingerprint density at radius 3 is 2.58 bits per heavy atom. The Hall–Kier alpha value is -1.10. The molecule has 0 saturated heterocycles. The average molecular weight is 271 g/mol.